The highest BCUT2D eigenvalue weighted by molar-refractivity contribution is 6.30. The van der Waals surface area contributed by atoms with Gasteiger partial charge in [0.05, 0.1) is 41.6 Å². The molecule has 2 aliphatic rings. The third-order valence-electron chi connectivity index (χ3n) is 3.58. The van der Waals surface area contributed by atoms with E-state index >= 15 is 0 Å². The number of aromatic nitrogens is 1. The molecule has 0 aliphatic carbocycles. The van der Waals surface area contributed by atoms with Crippen LogP contribution in [-0.4, -0.2) is 41.9 Å². The number of pyridine rings is 1. The van der Waals surface area contributed by atoms with Crippen molar-refractivity contribution in [2.24, 2.45) is 5.92 Å². The average Bonchev–Trinajstić information content (AvgIpc) is 2.37. The third-order valence-corrected chi connectivity index (χ3v) is 3.79. The zero-order valence-electron chi connectivity index (χ0n) is 9.67. The molecule has 0 unspecified atom stereocenters. The van der Waals surface area contributed by atoms with Crippen LogP contribution in [-0.2, 0) is 16.0 Å². The first kappa shape index (κ1) is 11.7. The number of carboxylic acids is 1. The van der Waals surface area contributed by atoms with Gasteiger partial charge in [0.25, 0.3) is 0 Å². The highest BCUT2D eigenvalue weighted by atomic mass is 35.5. The molecule has 5 nitrogen and oxygen atoms in total. The number of fused-ring (bicyclic) bond motifs is 3. The Bertz CT molecular complexity index is 494. The Morgan fingerprint density at radius 2 is 2.44 bits per heavy atom. The van der Waals surface area contributed by atoms with Crippen molar-refractivity contribution in [2.75, 3.05) is 24.7 Å². The van der Waals surface area contributed by atoms with Gasteiger partial charge in [-0.05, 0) is 6.07 Å². The number of halogens is 1. The Kier molecular flexibility index (Phi) is 2.87. The number of ether oxygens (including phenoxy) is 1. The van der Waals surface area contributed by atoms with E-state index in [-0.39, 0.29) is 6.04 Å². The number of aliphatic carboxylic acids is 1. The highest BCUT2D eigenvalue weighted by Crippen LogP contribution is 2.35. The molecule has 1 N–H and O–H groups in total. The van der Waals surface area contributed by atoms with E-state index in [0.29, 0.717) is 31.2 Å². The molecule has 3 heterocycles. The fraction of sp³-hybridized carbons (Fsp3) is 0.500. The first-order chi connectivity index (χ1) is 8.66. The maximum absolute atomic E-state index is 11.3. The second-order valence-electron chi connectivity index (χ2n) is 4.60. The van der Waals surface area contributed by atoms with E-state index in [1.54, 1.807) is 6.20 Å². The summed E-state index contributed by atoms with van der Waals surface area (Å²) in [4.78, 5) is 17.7. The molecule has 1 fully saturated rings. The van der Waals surface area contributed by atoms with Crippen molar-refractivity contribution >= 4 is 23.3 Å². The summed E-state index contributed by atoms with van der Waals surface area (Å²) in [5, 5.41) is 9.90. The Morgan fingerprint density at radius 1 is 1.61 bits per heavy atom. The number of nitrogens with zero attached hydrogens (tertiary/aromatic N) is 2. The fourth-order valence-corrected chi connectivity index (χ4v) is 2.87. The number of hydrogen-bond acceptors (Lipinski definition) is 4. The van der Waals surface area contributed by atoms with Crippen molar-refractivity contribution in [1.29, 1.82) is 0 Å². The van der Waals surface area contributed by atoms with Crippen molar-refractivity contribution in [3.05, 3.63) is 23.0 Å². The summed E-state index contributed by atoms with van der Waals surface area (Å²) in [5.41, 5.74) is 1.76. The topological polar surface area (TPSA) is 62.7 Å². The average molecular weight is 269 g/mol. The van der Waals surface area contributed by atoms with Crippen LogP contribution in [0.5, 0.6) is 0 Å². The highest BCUT2D eigenvalue weighted by Gasteiger charge is 2.40. The van der Waals surface area contributed by atoms with Crippen LogP contribution in [0.25, 0.3) is 0 Å². The molecular weight excluding hydrogens is 256 g/mol. The molecular formula is C12H13ClN2O3. The Labute approximate surface area is 109 Å². The molecule has 3 rings (SSSR count). The van der Waals surface area contributed by atoms with Crippen LogP contribution in [0.3, 0.4) is 0 Å². The third kappa shape index (κ3) is 1.83. The smallest absolute Gasteiger partial charge is 0.309 e. The Balaban J connectivity index is 2.05. The van der Waals surface area contributed by atoms with Gasteiger partial charge >= 0.3 is 5.97 Å². The van der Waals surface area contributed by atoms with E-state index < -0.39 is 11.9 Å². The van der Waals surface area contributed by atoms with E-state index in [1.165, 1.54) is 0 Å². The summed E-state index contributed by atoms with van der Waals surface area (Å²) in [6.45, 7) is 1.74. The summed E-state index contributed by atoms with van der Waals surface area (Å²) in [5.74, 6) is -1.26. The van der Waals surface area contributed by atoms with Crippen molar-refractivity contribution in [3.8, 4) is 0 Å². The Hall–Kier alpha value is -1.33. The number of hydrogen-bond donors (Lipinski definition) is 1. The number of carbonyl (C=O) groups is 1. The number of rotatable bonds is 1. The SMILES string of the molecule is O=C(O)[C@H]1Cc2ncc(Cl)cc2N2CCOC[C@H]12. The summed E-state index contributed by atoms with van der Waals surface area (Å²) in [6.07, 6.45) is 2.01. The quantitative estimate of drug-likeness (QED) is 0.829. The first-order valence-corrected chi connectivity index (χ1v) is 6.26. The van der Waals surface area contributed by atoms with Gasteiger partial charge < -0.3 is 14.7 Å². The van der Waals surface area contributed by atoms with E-state index in [2.05, 4.69) is 9.88 Å². The standard InChI is InChI=1S/C12H13ClN2O3/c13-7-3-10-9(14-5-7)4-8(12(16)17)11-6-18-2-1-15(10)11/h3,5,8,11H,1-2,4,6H2,(H,16,17)/t8-,11+/m0/s1. The number of carboxylic acid groups (broad SMARTS) is 1. The van der Waals surface area contributed by atoms with Crippen LogP contribution in [0.4, 0.5) is 5.69 Å². The lowest BCUT2D eigenvalue weighted by Crippen LogP contribution is -2.55. The van der Waals surface area contributed by atoms with Crippen molar-refractivity contribution in [1.82, 2.24) is 4.98 Å². The van der Waals surface area contributed by atoms with Crippen molar-refractivity contribution < 1.29 is 14.6 Å². The van der Waals surface area contributed by atoms with Gasteiger partial charge in [0.1, 0.15) is 0 Å². The van der Waals surface area contributed by atoms with Crippen LogP contribution >= 0.6 is 11.6 Å². The molecule has 18 heavy (non-hydrogen) atoms. The van der Waals surface area contributed by atoms with Gasteiger partial charge in [-0.2, -0.15) is 0 Å². The van der Waals surface area contributed by atoms with Gasteiger partial charge in [-0.25, -0.2) is 0 Å². The normalized spacial score (nSPS) is 26.4. The van der Waals surface area contributed by atoms with Crippen molar-refractivity contribution in [3.63, 3.8) is 0 Å². The summed E-state index contributed by atoms with van der Waals surface area (Å²) in [6, 6.07) is 1.74. The molecule has 1 aromatic heterocycles. The maximum atomic E-state index is 11.3. The van der Waals surface area contributed by atoms with Gasteiger partial charge in [-0.15, -0.1) is 0 Å². The van der Waals surface area contributed by atoms with E-state index in [0.717, 1.165) is 11.4 Å². The minimum Gasteiger partial charge on any atom is -0.481 e. The monoisotopic (exact) mass is 268 g/mol. The number of morpholine rings is 1. The lowest BCUT2D eigenvalue weighted by molar-refractivity contribution is -0.143. The summed E-state index contributed by atoms with van der Waals surface area (Å²) in [7, 11) is 0. The molecule has 0 amide bonds. The van der Waals surface area contributed by atoms with Crippen LogP contribution in [0, 0.1) is 5.92 Å². The van der Waals surface area contributed by atoms with Crippen molar-refractivity contribution in [2.45, 2.75) is 12.5 Å². The van der Waals surface area contributed by atoms with E-state index in [4.69, 9.17) is 16.3 Å². The molecule has 6 heteroatoms. The maximum Gasteiger partial charge on any atom is 0.309 e. The number of anilines is 1. The molecule has 0 saturated carbocycles. The largest absolute Gasteiger partial charge is 0.481 e. The summed E-state index contributed by atoms with van der Waals surface area (Å²) < 4.78 is 5.41. The molecule has 0 aromatic carbocycles. The minimum atomic E-state index is -0.794. The van der Waals surface area contributed by atoms with Crippen LogP contribution in [0.15, 0.2) is 12.3 Å². The minimum absolute atomic E-state index is 0.121. The van der Waals surface area contributed by atoms with Gasteiger partial charge in [-0.1, -0.05) is 11.6 Å². The molecule has 1 saturated heterocycles. The van der Waals surface area contributed by atoms with Gasteiger partial charge in [0.2, 0.25) is 0 Å². The van der Waals surface area contributed by atoms with Gasteiger partial charge in [0, 0.05) is 19.2 Å². The zero-order chi connectivity index (χ0) is 12.7. The molecule has 1 aromatic rings. The van der Waals surface area contributed by atoms with Gasteiger partial charge in [-0.3, -0.25) is 9.78 Å². The predicted molar refractivity (Wildman–Crippen MR) is 66.0 cm³/mol. The fourth-order valence-electron chi connectivity index (χ4n) is 2.71. The molecule has 0 radical (unpaired) electrons. The Morgan fingerprint density at radius 3 is 3.22 bits per heavy atom. The van der Waals surface area contributed by atoms with Gasteiger partial charge in [0.15, 0.2) is 0 Å². The lowest BCUT2D eigenvalue weighted by atomic mass is 9.87. The van der Waals surface area contributed by atoms with Crippen LogP contribution < -0.4 is 4.90 Å². The zero-order valence-corrected chi connectivity index (χ0v) is 10.4. The summed E-state index contributed by atoms with van der Waals surface area (Å²) >= 11 is 5.97. The van der Waals surface area contributed by atoms with E-state index in [9.17, 15) is 9.90 Å². The second kappa shape index (κ2) is 4.40. The van der Waals surface area contributed by atoms with E-state index in [1.807, 2.05) is 6.07 Å². The molecule has 96 valence electrons. The molecule has 0 spiro atoms. The first-order valence-electron chi connectivity index (χ1n) is 5.88. The molecule has 2 atom stereocenters. The van der Waals surface area contributed by atoms with Crippen LogP contribution in [0.1, 0.15) is 5.69 Å². The molecule has 0 bridgehead atoms. The molecule has 2 aliphatic heterocycles. The van der Waals surface area contributed by atoms with Crippen LogP contribution in [0.2, 0.25) is 5.02 Å². The second-order valence-corrected chi connectivity index (χ2v) is 5.04. The lowest BCUT2D eigenvalue weighted by Gasteiger charge is -2.44. The predicted octanol–water partition coefficient (Wildman–Crippen LogP) is 1.20.